The molecule has 1 aromatic carbocycles. The Labute approximate surface area is 174 Å². The van der Waals surface area contributed by atoms with Crippen LogP contribution in [0.2, 0.25) is 0 Å². The van der Waals surface area contributed by atoms with E-state index in [4.69, 9.17) is 0 Å². The highest BCUT2D eigenvalue weighted by Gasteiger charge is 2.45. The summed E-state index contributed by atoms with van der Waals surface area (Å²) in [5.41, 5.74) is 2.91. The molecule has 0 unspecified atom stereocenters. The summed E-state index contributed by atoms with van der Waals surface area (Å²) >= 11 is 0. The molecule has 2 N–H and O–H groups in total. The number of benzene rings is 1. The number of nitrogens with zero attached hydrogens (tertiary/aromatic N) is 4. The Morgan fingerprint density at radius 2 is 2.17 bits per heavy atom. The highest BCUT2D eigenvalue weighted by molar-refractivity contribution is 5.69. The van der Waals surface area contributed by atoms with Crippen molar-refractivity contribution in [2.24, 2.45) is 0 Å². The minimum absolute atomic E-state index is 0.115. The average Bonchev–Trinajstić information content (AvgIpc) is 3.28. The SMILES string of the molecule is C[C@]12CCC[C@H](C/C(=C\c3ccc(-c4ccc(-n5ccnc5)cc4O)nn3)[C@H]1F)N2. The number of aromatic hydroxyl groups is 1. The number of hydrogen-bond donors (Lipinski definition) is 2. The zero-order valence-electron chi connectivity index (χ0n) is 16.8. The predicted octanol–water partition coefficient (Wildman–Crippen LogP) is 4.06. The number of rotatable bonds is 3. The molecule has 154 valence electrons. The molecule has 2 bridgehead atoms. The fourth-order valence-corrected chi connectivity index (χ4v) is 4.67. The van der Waals surface area contributed by atoms with E-state index in [-0.39, 0.29) is 5.75 Å². The molecule has 2 aliphatic rings. The van der Waals surface area contributed by atoms with E-state index in [1.807, 2.05) is 42.0 Å². The summed E-state index contributed by atoms with van der Waals surface area (Å²) in [6, 6.07) is 9.32. The fraction of sp³-hybridized carbons (Fsp3) is 0.348. The van der Waals surface area contributed by atoms with Crippen LogP contribution in [-0.4, -0.2) is 42.6 Å². The molecular formula is C23H24FN5O. The van der Waals surface area contributed by atoms with Crippen LogP contribution >= 0.6 is 0 Å². The first-order valence-electron chi connectivity index (χ1n) is 10.3. The molecule has 3 atom stereocenters. The van der Waals surface area contributed by atoms with Gasteiger partial charge in [0.15, 0.2) is 0 Å². The van der Waals surface area contributed by atoms with Gasteiger partial charge in [-0.15, -0.1) is 5.10 Å². The highest BCUT2D eigenvalue weighted by Crippen LogP contribution is 2.39. The molecule has 4 heterocycles. The van der Waals surface area contributed by atoms with E-state index in [9.17, 15) is 5.11 Å². The molecule has 0 aliphatic carbocycles. The number of phenolic OH excluding ortho intramolecular Hbond substituents is 1. The van der Waals surface area contributed by atoms with Gasteiger partial charge in [0.1, 0.15) is 11.9 Å². The predicted molar refractivity (Wildman–Crippen MR) is 113 cm³/mol. The first kappa shape index (κ1) is 18.9. The Kier molecular flexibility index (Phi) is 4.62. The van der Waals surface area contributed by atoms with E-state index in [1.54, 1.807) is 24.7 Å². The van der Waals surface area contributed by atoms with Gasteiger partial charge in [0.05, 0.1) is 28.9 Å². The lowest BCUT2D eigenvalue weighted by molar-refractivity contribution is 0.0993. The van der Waals surface area contributed by atoms with Crippen molar-refractivity contribution in [2.75, 3.05) is 0 Å². The third-order valence-electron chi connectivity index (χ3n) is 6.23. The van der Waals surface area contributed by atoms with Gasteiger partial charge in [-0.3, -0.25) is 0 Å². The second-order valence-electron chi connectivity index (χ2n) is 8.45. The number of imidazole rings is 1. The van der Waals surface area contributed by atoms with Crippen LogP contribution in [0, 0.1) is 0 Å². The fourth-order valence-electron chi connectivity index (χ4n) is 4.67. The molecule has 3 aromatic rings. The van der Waals surface area contributed by atoms with Gasteiger partial charge in [-0.05, 0) is 68.5 Å². The summed E-state index contributed by atoms with van der Waals surface area (Å²) in [7, 11) is 0. The number of phenols is 1. The monoisotopic (exact) mass is 405 g/mol. The molecule has 5 rings (SSSR count). The number of nitrogens with one attached hydrogen (secondary N) is 1. The van der Waals surface area contributed by atoms with Crippen molar-refractivity contribution in [2.45, 2.75) is 50.4 Å². The average molecular weight is 405 g/mol. The third kappa shape index (κ3) is 3.39. The standard InChI is InChI=1S/C23H24FN5O/c1-23-8-2-3-16(26-23)11-15(22(23)24)12-17-4-7-20(28-27-17)19-6-5-18(13-21(19)30)29-10-9-25-14-29/h4-7,9-10,12-14,16,22,26,30H,2-3,8,11H2,1H3/b15-12+/t16-,22-,23+/m1/s1. The topological polar surface area (TPSA) is 75.9 Å². The normalized spacial score (nSPS) is 27.3. The molecule has 2 fully saturated rings. The Bertz CT molecular complexity index is 1080. The molecule has 2 saturated heterocycles. The molecule has 0 amide bonds. The molecule has 30 heavy (non-hydrogen) atoms. The zero-order chi connectivity index (χ0) is 20.7. The van der Waals surface area contributed by atoms with Crippen molar-refractivity contribution in [1.82, 2.24) is 25.1 Å². The second-order valence-corrected chi connectivity index (χ2v) is 8.45. The van der Waals surface area contributed by atoms with E-state index in [0.29, 0.717) is 29.4 Å². The Morgan fingerprint density at radius 1 is 1.27 bits per heavy atom. The summed E-state index contributed by atoms with van der Waals surface area (Å²) in [5, 5.41) is 22.5. The van der Waals surface area contributed by atoms with E-state index in [0.717, 1.165) is 30.5 Å². The molecule has 6 nitrogen and oxygen atoms in total. The summed E-state index contributed by atoms with van der Waals surface area (Å²) < 4.78 is 16.9. The van der Waals surface area contributed by atoms with Crippen molar-refractivity contribution in [3.05, 3.63) is 60.3 Å². The molecule has 7 heteroatoms. The van der Waals surface area contributed by atoms with E-state index in [1.165, 1.54) is 0 Å². The molecule has 0 radical (unpaired) electrons. The van der Waals surface area contributed by atoms with Crippen LogP contribution in [-0.2, 0) is 0 Å². The molecular weight excluding hydrogens is 381 g/mol. The Balaban J connectivity index is 1.39. The van der Waals surface area contributed by atoms with Crippen molar-refractivity contribution >= 4 is 6.08 Å². The summed E-state index contributed by atoms with van der Waals surface area (Å²) in [6.45, 7) is 1.97. The first-order valence-corrected chi connectivity index (χ1v) is 10.3. The van der Waals surface area contributed by atoms with Crippen LogP contribution in [0.1, 0.15) is 38.3 Å². The van der Waals surface area contributed by atoms with Crippen LogP contribution in [0.15, 0.2) is 54.6 Å². The minimum Gasteiger partial charge on any atom is -0.507 e. The highest BCUT2D eigenvalue weighted by atomic mass is 19.1. The number of piperidine rings is 2. The smallest absolute Gasteiger partial charge is 0.139 e. The number of alkyl halides is 1. The molecule has 0 spiro atoms. The van der Waals surface area contributed by atoms with Crippen molar-refractivity contribution < 1.29 is 9.50 Å². The second kappa shape index (κ2) is 7.32. The van der Waals surface area contributed by atoms with Gasteiger partial charge in [-0.2, -0.15) is 5.10 Å². The van der Waals surface area contributed by atoms with Crippen molar-refractivity contribution in [3.63, 3.8) is 0 Å². The quantitative estimate of drug-likeness (QED) is 0.687. The lowest BCUT2D eigenvalue weighted by atomic mass is 9.74. The maximum absolute atomic E-state index is 15.1. The van der Waals surface area contributed by atoms with Crippen LogP contribution in [0.4, 0.5) is 4.39 Å². The van der Waals surface area contributed by atoms with Gasteiger partial charge in [-0.25, -0.2) is 9.37 Å². The summed E-state index contributed by atoms with van der Waals surface area (Å²) in [5.74, 6) is 0.115. The summed E-state index contributed by atoms with van der Waals surface area (Å²) in [6.07, 6.45) is 9.68. The first-order chi connectivity index (χ1) is 14.5. The van der Waals surface area contributed by atoms with Gasteiger partial charge in [0.25, 0.3) is 0 Å². The molecule has 2 aromatic heterocycles. The lowest BCUT2D eigenvalue weighted by Crippen LogP contribution is -2.61. The molecule has 2 aliphatic heterocycles. The van der Waals surface area contributed by atoms with E-state index < -0.39 is 11.7 Å². The van der Waals surface area contributed by atoms with Crippen LogP contribution in [0.5, 0.6) is 5.75 Å². The largest absolute Gasteiger partial charge is 0.507 e. The number of aromatic nitrogens is 4. The van der Waals surface area contributed by atoms with Gasteiger partial charge in [0.2, 0.25) is 0 Å². The van der Waals surface area contributed by atoms with Gasteiger partial charge in [0, 0.05) is 30.1 Å². The minimum atomic E-state index is -1.02. The van der Waals surface area contributed by atoms with Crippen molar-refractivity contribution in [1.29, 1.82) is 0 Å². The third-order valence-corrected chi connectivity index (χ3v) is 6.23. The van der Waals surface area contributed by atoms with E-state index >= 15 is 4.39 Å². The Morgan fingerprint density at radius 3 is 2.90 bits per heavy atom. The van der Waals surface area contributed by atoms with Gasteiger partial charge < -0.3 is 15.0 Å². The molecule has 0 saturated carbocycles. The maximum Gasteiger partial charge on any atom is 0.139 e. The number of halogens is 1. The Hall–Kier alpha value is -3.06. The maximum atomic E-state index is 15.1. The lowest BCUT2D eigenvalue weighted by Gasteiger charge is -2.47. The van der Waals surface area contributed by atoms with Gasteiger partial charge in [-0.1, -0.05) is 0 Å². The van der Waals surface area contributed by atoms with E-state index in [2.05, 4.69) is 20.5 Å². The van der Waals surface area contributed by atoms with Crippen molar-refractivity contribution in [3.8, 4) is 22.7 Å². The van der Waals surface area contributed by atoms with Crippen LogP contribution in [0.25, 0.3) is 23.0 Å². The zero-order valence-corrected chi connectivity index (χ0v) is 16.8. The number of hydrogen-bond acceptors (Lipinski definition) is 5. The van der Waals surface area contributed by atoms with Crippen LogP contribution in [0.3, 0.4) is 0 Å². The number of fused-ring (bicyclic) bond motifs is 2. The van der Waals surface area contributed by atoms with Crippen LogP contribution < -0.4 is 5.32 Å². The summed E-state index contributed by atoms with van der Waals surface area (Å²) in [4.78, 5) is 4.02. The van der Waals surface area contributed by atoms with Gasteiger partial charge >= 0.3 is 0 Å².